The van der Waals surface area contributed by atoms with Gasteiger partial charge in [-0.2, -0.15) is 0 Å². The Balaban J connectivity index is 2.57. The molecule has 0 bridgehead atoms. The molecule has 0 fully saturated rings. The Morgan fingerprint density at radius 3 is 2.40 bits per heavy atom. The molecule has 1 atom stereocenters. The molecular formula is C12H13FO2. The van der Waals surface area contributed by atoms with E-state index in [1.54, 1.807) is 30.3 Å². The summed E-state index contributed by atoms with van der Waals surface area (Å²) in [6, 6.07) is 8.28. The van der Waals surface area contributed by atoms with E-state index in [9.17, 15) is 14.0 Å². The molecule has 0 saturated heterocycles. The zero-order valence-corrected chi connectivity index (χ0v) is 8.57. The van der Waals surface area contributed by atoms with E-state index in [1.165, 1.54) is 6.92 Å². The van der Waals surface area contributed by atoms with Crippen molar-refractivity contribution in [1.82, 2.24) is 0 Å². The Morgan fingerprint density at radius 1 is 1.27 bits per heavy atom. The lowest BCUT2D eigenvalue weighted by atomic mass is 10.0. The van der Waals surface area contributed by atoms with Crippen molar-refractivity contribution in [2.45, 2.75) is 25.9 Å². The first kappa shape index (κ1) is 11.6. The second-order valence-electron chi connectivity index (χ2n) is 3.44. The molecule has 0 aromatic heterocycles. The van der Waals surface area contributed by atoms with Crippen LogP contribution in [0.25, 0.3) is 0 Å². The van der Waals surface area contributed by atoms with Gasteiger partial charge in [0.2, 0.25) is 0 Å². The van der Waals surface area contributed by atoms with Crippen molar-refractivity contribution in [3.05, 3.63) is 35.9 Å². The Labute approximate surface area is 88.1 Å². The molecule has 0 aliphatic heterocycles. The molecule has 0 heterocycles. The molecule has 0 aliphatic carbocycles. The van der Waals surface area contributed by atoms with E-state index in [2.05, 4.69) is 0 Å². The van der Waals surface area contributed by atoms with Crippen LogP contribution in [-0.2, 0) is 4.79 Å². The zero-order chi connectivity index (χ0) is 11.3. The fourth-order valence-corrected chi connectivity index (χ4v) is 1.24. The molecular weight excluding hydrogens is 195 g/mol. The quantitative estimate of drug-likeness (QED) is 0.697. The van der Waals surface area contributed by atoms with Crippen LogP contribution in [0.1, 0.15) is 30.1 Å². The van der Waals surface area contributed by atoms with Crippen LogP contribution >= 0.6 is 0 Å². The van der Waals surface area contributed by atoms with Gasteiger partial charge in [-0.25, -0.2) is 4.39 Å². The SMILES string of the molecule is CC(=O)CCC(F)C(=O)c1ccccc1. The van der Waals surface area contributed by atoms with Gasteiger partial charge in [0.1, 0.15) is 5.78 Å². The highest BCUT2D eigenvalue weighted by atomic mass is 19.1. The molecule has 1 aromatic rings. The molecule has 1 unspecified atom stereocenters. The predicted molar refractivity (Wildman–Crippen MR) is 55.6 cm³/mol. The van der Waals surface area contributed by atoms with Crippen LogP contribution in [0.2, 0.25) is 0 Å². The fraction of sp³-hybridized carbons (Fsp3) is 0.333. The van der Waals surface area contributed by atoms with Gasteiger partial charge in [0.05, 0.1) is 0 Å². The van der Waals surface area contributed by atoms with E-state index in [0.29, 0.717) is 5.56 Å². The highest BCUT2D eigenvalue weighted by Gasteiger charge is 2.18. The second kappa shape index (κ2) is 5.39. The smallest absolute Gasteiger partial charge is 0.196 e. The van der Waals surface area contributed by atoms with Crippen LogP contribution in [0.15, 0.2) is 30.3 Å². The lowest BCUT2D eigenvalue weighted by Crippen LogP contribution is -2.16. The van der Waals surface area contributed by atoms with E-state index in [-0.39, 0.29) is 18.6 Å². The minimum atomic E-state index is -1.57. The average Bonchev–Trinajstić information content (AvgIpc) is 2.26. The van der Waals surface area contributed by atoms with Crippen molar-refractivity contribution in [3.63, 3.8) is 0 Å². The first-order valence-electron chi connectivity index (χ1n) is 4.84. The maximum absolute atomic E-state index is 13.3. The third-order valence-corrected chi connectivity index (χ3v) is 2.09. The molecule has 0 aliphatic rings. The summed E-state index contributed by atoms with van der Waals surface area (Å²) < 4.78 is 13.3. The summed E-state index contributed by atoms with van der Waals surface area (Å²) >= 11 is 0. The number of alkyl halides is 1. The summed E-state index contributed by atoms with van der Waals surface area (Å²) in [4.78, 5) is 22.1. The van der Waals surface area contributed by atoms with Gasteiger partial charge in [-0.1, -0.05) is 30.3 Å². The number of hydrogen-bond acceptors (Lipinski definition) is 2. The van der Waals surface area contributed by atoms with Gasteiger partial charge in [0.15, 0.2) is 12.0 Å². The summed E-state index contributed by atoms with van der Waals surface area (Å²) in [6.45, 7) is 1.39. The van der Waals surface area contributed by atoms with E-state index in [4.69, 9.17) is 0 Å². The highest BCUT2D eigenvalue weighted by molar-refractivity contribution is 5.99. The minimum absolute atomic E-state index is 0.0247. The van der Waals surface area contributed by atoms with Crippen molar-refractivity contribution < 1.29 is 14.0 Å². The number of Topliss-reactive ketones (excluding diaryl/α,β-unsaturated/α-hetero) is 2. The minimum Gasteiger partial charge on any atom is -0.300 e. The summed E-state index contributed by atoms with van der Waals surface area (Å²) in [6.07, 6.45) is -1.49. The van der Waals surface area contributed by atoms with E-state index in [1.807, 2.05) is 0 Å². The van der Waals surface area contributed by atoms with E-state index >= 15 is 0 Å². The number of benzene rings is 1. The van der Waals surface area contributed by atoms with Crippen LogP contribution in [0.3, 0.4) is 0 Å². The Bertz CT molecular complexity index is 346. The van der Waals surface area contributed by atoms with Crippen LogP contribution in [0, 0.1) is 0 Å². The van der Waals surface area contributed by atoms with Crippen LogP contribution in [-0.4, -0.2) is 17.7 Å². The van der Waals surface area contributed by atoms with Crippen molar-refractivity contribution in [1.29, 1.82) is 0 Å². The summed E-state index contributed by atoms with van der Waals surface area (Å²) in [7, 11) is 0. The van der Waals surface area contributed by atoms with Crippen LogP contribution in [0.4, 0.5) is 4.39 Å². The monoisotopic (exact) mass is 208 g/mol. The normalized spacial score (nSPS) is 12.1. The van der Waals surface area contributed by atoms with Crippen molar-refractivity contribution in [3.8, 4) is 0 Å². The van der Waals surface area contributed by atoms with Gasteiger partial charge in [-0.05, 0) is 13.3 Å². The molecule has 1 aromatic carbocycles. The van der Waals surface area contributed by atoms with Gasteiger partial charge in [0.25, 0.3) is 0 Å². The summed E-state index contributed by atoms with van der Waals surface area (Å²) in [5.74, 6) is -0.643. The number of halogens is 1. The largest absolute Gasteiger partial charge is 0.300 e. The van der Waals surface area contributed by atoms with Crippen LogP contribution < -0.4 is 0 Å². The zero-order valence-electron chi connectivity index (χ0n) is 8.57. The molecule has 3 heteroatoms. The third kappa shape index (κ3) is 3.62. The standard InChI is InChI=1S/C12H13FO2/c1-9(14)7-8-11(13)12(15)10-5-3-2-4-6-10/h2-6,11H,7-8H2,1H3. The van der Waals surface area contributed by atoms with Gasteiger partial charge >= 0.3 is 0 Å². The van der Waals surface area contributed by atoms with Crippen molar-refractivity contribution in [2.75, 3.05) is 0 Å². The average molecular weight is 208 g/mol. The summed E-state index contributed by atoms with van der Waals surface area (Å²) in [5.41, 5.74) is 0.355. The number of rotatable bonds is 5. The maximum atomic E-state index is 13.3. The number of carbonyl (C=O) groups excluding carboxylic acids is 2. The van der Waals surface area contributed by atoms with E-state index in [0.717, 1.165) is 0 Å². The van der Waals surface area contributed by atoms with Crippen LogP contribution in [0.5, 0.6) is 0 Å². The molecule has 0 N–H and O–H groups in total. The van der Waals surface area contributed by atoms with Gasteiger partial charge in [-0.3, -0.25) is 4.79 Å². The summed E-state index contributed by atoms with van der Waals surface area (Å²) in [5, 5.41) is 0. The number of hydrogen-bond donors (Lipinski definition) is 0. The highest BCUT2D eigenvalue weighted by Crippen LogP contribution is 2.11. The van der Waals surface area contributed by atoms with E-state index < -0.39 is 12.0 Å². The number of carbonyl (C=O) groups is 2. The molecule has 0 radical (unpaired) electrons. The molecule has 15 heavy (non-hydrogen) atoms. The van der Waals surface area contributed by atoms with Crippen molar-refractivity contribution >= 4 is 11.6 Å². The molecule has 0 spiro atoms. The first-order valence-corrected chi connectivity index (χ1v) is 4.84. The fourth-order valence-electron chi connectivity index (χ4n) is 1.24. The first-order chi connectivity index (χ1) is 7.11. The molecule has 80 valence electrons. The Kier molecular flexibility index (Phi) is 4.16. The molecule has 1 rings (SSSR count). The third-order valence-electron chi connectivity index (χ3n) is 2.09. The van der Waals surface area contributed by atoms with Crippen molar-refractivity contribution in [2.24, 2.45) is 0 Å². The maximum Gasteiger partial charge on any atom is 0.196 e. The Morgan fingerprint density at radius 2 is 1.87 bits per heavy atom. The molecule has 0 saturated carbocycles. The number of ketones is 2. The topological polar surface area (TPSA) is 34.1 Å². The lowest BCUT2D eigenvalue weighted by molar-refractivity contribution is -0.117. The molecule has 0 amide bonds. The Hall–Kier alpha value is -1.51. The van der Waals surface area contributed by atoms with Gasteiger partial charge in [-0.15, -0.1) is 0 Å². The van der Waals surface area contributed by atoms with Gasteiger partial charge < -0.3 is 4.79 Å². The predicted octanol–water partition coefficient (Wildman–Crippen LogP) is 2.58. The lowest BCUT2D eigenvalue weighted by Gasteiger charge is -2.05. The van der Waals surface area contributed by atoms with Gasteiger partial charge in [0, 0.05) is 12.0 Å². The second-order valence-corrected chi connectivity index (χ2v) is 3.44. The molecule has 2 nitrogen and oxygen atoms in total.